The van der Waals surface area contributed by atoms with Gasteiger partial charge in [-0.05, 0) is 43.0 Å². The molecule has 1 fully saturated rings. The average molecular weight is 267 g/mol. The van der Waals surface area contributed by atoms with E-state index in [0.717, 1.165) is 24.0 Å². The fourth-order valence-electron chi connectivity index (χ4n) is 2.87. The Morgan fingerprint density at radius 3 is 2.84 bits per heavy atom. The SMILES string of the molecule is Cc1cc(F)ccc1C1C(CO)CCCN1C(=O)O. The van der Waals surface area contributed by atoms with Crippen LogP contribution in [0.15, 0.2) is 18.2 Å². The molecule has 0 aliphatic carbocycles. The van der Waals surface area contributed by atoms with Crippen LogP contribution in [0.25, 0.3) is 0 Å². The molecule has 104 valence electrons. The van der Waals surface area contributed by atoms with Crippen LogP contribution < -0.4 is 0 Å². The Morgan fingerprint density at radius 1 is 1.53 bits per heavy atom. The van der Waals surface area contributed by atoms with Gasteiger partial charge < -0.3 is 15.1 Å². The van der Waals surface area contributed by atoms with Crippen LogP contribution in [-0.4, -0.2) is 34.4 Å². The number of hydrogen-bond donors (Lipinski definition) is 2. The molecule has 1 aliphatic heterocycles. The van der Waals surface area contributed by atoms with Crippen molar-refractivity contribution in [1.29, 1.82) is 0 Å². The number of rotatable bonds is 2. The molecule has 0 spiro atoms. The average Bonchev–Trinajstić information content (AvgIpc) is 2.38. The van der Waals surface area contributed by atoms with E-state index in [4.69, 9.17) is 0 Å². The minimum atomic E-state index is -0.994. The highest BCUT2D eigenvalue weighted by molar-refractivity contribution is 5.66. The summed E-state index contributed by atoms with van der Waals surface area (Å²) in [5.41, 5.74) is 1.50. The first-order valence-corrected chi connectivity index (χ1v) is 6.41. The Morgan fingerprint density at radius 2 is 2.26 bits per heavy atom. The number of carboxylic acid groups (broad SMARTS) is 1. The summed E-state index contributed by atoms with van der Waals surface area (Å²) in [6.07, 6.45) is 0.530. The van der Waals surface area contributed by atoms with Gasteiger partial charge in [-0.3, -0.25) is 0 Å². The molecule has 1 aromatic carbocycles. The Kier molecular flexibility index (Phi) is 4.04. The molecule has 1 amide bonds. The normalized spacial score (nSPS) is 23.4. The number of amides is 1. The van der Waals surface area contributed by atoms with Gasteiger partial charge in [0, 0.05) is 19.1 Å². The van der Waals surface area contributed by atoms with Gasteiger partial charge in [-0.25, -0.2) is 9.18 Å². The van der Waals surface area contributed by atoms with E-state index >= 15 is 0 Å². The van der Waals surface area contributed by atoms with Crippen molar-refractivity contribution in [3.63, 3.8) is 0 Å². The van der Waals surface area contributed by atoms with E-state index in [1.54, 1.807) is 13.0 Å². The lowest BCUT2D eigenvalue weighted by Crippen LogP contribution is -2.43. The molecule has 0 saturated carbocycles. The van der Waals surface area contributed by atoms with Crippen molar-refractivity contribution >= 4 is 6.09 Å². The molecule has 5 heteroatoms. The summed E-state index contributed by atoms with van der Waals surface area (Å²) in [5.74, 6) is -0.464. The topological polar surface area (TPSA) is 60.8 Å². The van der Waals surface area contributed by atoms with E-state index in [1.165, 1.54) is 17.0 Å². The zero-order chi connectivity index (χ0) is 14.0. The zero-order valence-electron chi connectivity index (χ0n) is 10.8. The van der Waals surface area contributed by atoms with Crippen molar-refractivity contribution in [2.45, 2.75) is 25.8 Å². The number of aryl methyl sites for hydroxylation is 1. The first-order chi connectivity index (χ1) is 9.04. The summed E-state index contributed by atoms with van der Waals surface area (Å²) in [6.45, 7) is 2.15. The summed E-state index contributed by atoms with van der Waals surface area (Å²) >= 11 is 0. The number of aliphatic hydroxyl groups excluding tert-OH is 1. The molecule has 1 aliphatic rings. The predicted octanol–water partition coefficient (Wildman–Crippen LogP) is 2.56. The quantitative estimate of drug-likeness (QED) is 0.865. The highest BCUT2D eigenvalue weighted by Crippen LogP contribution is 2.37. The van der Waals surface area contributed by atoms with Gasteiger partial charge in [0.2, 0.25) is 0 Å². The van der Waals surface area contributed by atoms with E-state index in [0.29, 0.717) is 6.54 Å². The molecule has 0 bridgehead atoms. The zero-order valence-corrected chi connectivity index (χ0v) is 10.8. The maximum absolute atomic E-state index is 13.2. The van der Waals surface area contributed by atoms with Crippen molar-refractivity contribution in [1.82, 2.24) is 4.90 Å². The maximum atomic E-state index is 13.2. The highest BCUT2D eigenvalue weighted by atomic mass is 19.1. The van der Waals surface area contributed by atoms with Gasteiger partial charge in [-0.2, -0.15) is 0 Å². The maximum Gasteiger partial charge on any atom is 0.407 e. The van der Waals surface area contributed by atoms with E-state index < -0.39 is 12.1 Å². The summed E-state index contributed by atoms with van der Waals surface area (Å²) < 4.78 is 13.2. The molecule has 1 aromatic rings. The van der Waals surface area contributed by atoms with Crippen LogP contribution in [0.5, 0.6) is 0 Å². The molecule has 1 heterocycles. The first kappa shape index (κ1) is 13.8. The van der Waals surface area contributed by atoms with Crippen molar-refractivity contribution in [2.24, 2.45) is 5.92 Å². The highest BCUT2D eigenvalue weighted by Gasteiger charge is 2.35. The molecule has 19 heavy (non-hydrogen) atoms. The Bertz CT molecular complexity index is 478. The lowest BCUT2D eigenvalue weighted by molar-refractivity contribution is 0.0533. The number of carbonyl (C=O) groups is 1. The van der Waals surface area contributed by atoms with Crippen molar-refractivity contribution in [3.05, 3.63) is 35.1 Å². The smallest absolute Gasteiger partial charge is 0.407 e. The number of likely N-dealkylation sites (tertiary alicyclic amines) is 1. The molecular weight excluding hydrogens is 249 g/mol. The van der Waals surface area contributed by atoms with Gasteiger partial charge in [0.05, 0.1) is 6.04 Å². The monoisotopic (exact) mass is 267 g/mol. The van der Waals surface area contributed by atoms with Crippen LogP contribution >= 0.6 is 0 Å². The van der Waals surface area contributed by atoms with Gasteiger partial charge >= 0.3 is 6.09 Å². The second kappa shape index (κ2) is 5.57. The molecule has 2 unspecified atom stereocenters. The number of benzene rings is 1. The first-order valence-electron chi connectivity index (χ1n) is 6.41. The second-order valence-electron chi connectivity index (χ2n) is 5.01. The van der Waals surface area contributed by atoms with Crippen LogP contribution in [0.4, 0.5) is 9.18 Å². The minimum absolute atomic E-state index is 0.0642. The molecule has 0 radical (unpaired) electrons. The van der Waals surface area contributed by atoms with Crippen LogP contribution in [0.2, 0.25) is 0 Å². The summed E-state index contributed by atoms with van der Waals surface area (Å²) in [5, 5.41) is 18.8. The van der Waals surface area contributed by atoms with Gasteiger partial charge in [0.25, 0.3) is 0 Å². The van der Waals surface area contributed by atoms with Crippen molar-refractivity contribution in [3.8, 4) is 0 Å². The Balaban J connectivity index is 2.42. The van der Waals surface area contributed by atoms with Gasteiger partial charge in [-0.15, -0.1) is 0 Å². The minimum Gasteiger partial charge on any atom is -0.465 e. The second-order valence-corrected chi connectivity index (χ2v) is 5.01. The Labute approximate surface area is 111 Å². The number of nitrogens with zero attached hydrogens (tertiary/aromatic N) is 1. The van der Waals surface area contributed by atoms with Crippen LogP contribution in [0.3, 0.4) is 0 Å². The number of halogens is 1. The number of hydrogen-bond acceptors (Lipinski definition) is 2. The van der Waals surface area contributed by atoms with E-state index in [1.807, 2.05) is 0 Å². The van der Waals surface area contributed by atoms with Crippen LogP contribution in [0, 0.1) is 18.7 Å². The summed E-state index contributed by atoms with van der Waals surface area (Å²) in [4.78, 5) is 12.7. The molecule has 2 N–H and O–H groups in total. The molecule has 4 nitrogen and oxygen atoms in total. The standard InChI is InChI=1S/C14H18FNO3/c1-9-7-11(15)4-5-12(9)13-10(8-17)3-2-6-16(13)14(18)19/h4-5,7,10,13,17H,2-3,6,8H2,1H3,(H,18,19). The largest absolute Gasteiger partial charge is 0.465 e. The fourth-order valence-corrected chi connectivity index (χ4v) is 2.87. The third kappa shape index (κ3) is 2.71. The van der Waals surface area contributed by atoms with Gasteiger partial charge in [-0.1, -0.05) is 6.07 Å². The lowest BCUT2D eigenvalue weighted by atomic mass is 9.83. The van der Waals surface area contributed by atoms with E-state index in [-0.39, 0.29) is 18.3 Å². The van der Waals surface area contributed by atoms with E-state index in [9.17, 15) is 19.4 Å². The fraction of sp³-hybridized carbons (Fsp3) is 0.500. The molecule has 0 aromatic heterocycles. The third-order valence-corrected chi connectivity index (χ3v) is 3.79. The number of piperidine rings is 1. The molecule has 1 saturated heterocycles. The molecular formula is C14H18FNO3. The number of aliphatic hydroxyl groups is 1. The van der Waals surface area contributed by atoms with Gasteiger partial charge in [0.1, 0.15) is 5.82 Å². The van der Waals surface area contributed by atoms with Crippen LogP contribution in [0.1, 0.15) is 30.0 Å². The predicted molar refractivity (Wildman–Crippen MR) is 68.4 cm³/mol. The third-order valence-electron chi connectivity index (χ3n) is 3.79. The molecule has 2 rings (SSSR count). The lowest BCUT2D eigenvalue weighted by Gasteiger charge is -2.40. The summed E-state index contributed by atoms with van der Waals surface area (Å²) in [7, 11) is 0. The van der Waals surface area contributed by atoms with Crippen molar-refractivity contribution < 1.29 is 19.4 Å². The summed E-state index contributed by atoms with van der Waals surface area (Å²) in [6, 6.07) is 3.97. The molecule has 2 atom stereocenters. The van der Waals surface area contributed by atoms with Gasteiger partial charge in [0.15, 0.2) is 0 Å². The van der Waals surface area contributed by atoms with E-state index in [2.05, 4.69) is 0 Å². The van der Waals surface area contributed by atoms with Crippen LogP contribution in [-0.2, 0) is 0 Å². The Hall–Kier alpha value is -1.62. The van der Waals surface area contributed by atoms with Crippen molar-refractivity contribution in [2.75, 3.05) is 13.2 Å².